The summed E-state index contributed by atoms with van der Waals surface area (Å²) >= 11 is 6.25. The molecular weight excluding hydrogens is 497 g/mol. The van der Waals surface area contributed by atoms with Crippen molar-refractivity contribution in [2.24, 2.45) is 0 Å². The van der Waals surface area contributed by atoms with Crippen LogP contribution in [0.15, 0.2) is 42.5 Å². The van der Waals surface area contributed by atoms with Gasteiger partial charge in [0.05, 0.1) is 16.8 Å². The van der Waals surface area contributed by atoms with Crippen LogP contribution in [0.3, 0.4) is 0 Å². The van der Waals surface area contributed by atoms with Gasteiger partial charge in [-0.05, 0) is 29.8 Å². The minimum absolute atomic E-state index is 0. The van der Waals surface area contributed by atoms with E-state index >= 15 is 0 Å². The van der Waals surface area contributed by atoms with E-state index in [2.05, 4.69) is 16.2 Å². The van der Waals surface area contributed by atoms with E-state index in [0.29, 0.717) is 48.9 Å². The van der Waals surface area contributed by atoms with Gasteiger partial charge >= 0.3 is 12.4 Å². The molecule has 13 heteroatoms. The number of hydrazine groups is 1. The van der Waals surface area contributed by atoms with E-state index in [1.165, 1.54) is 0 Å². The first kappa shape index (κ1) is 27.0. The number of piperazine rings is 1. The number of rotatable bonds is 5. The van der Waals surface area contributed by atoms with Crippen molar-refractivity contribution in [3.05, 3.63) is 64.2 Å². The Balaban J connectivity index is 0.00000385. The average molecular weight is 517 g/mol. The molecule has 1 aliphatic rings. The van der Waals surface area contributed by atoms with Crippen LogP contribution < -0.4 is 16.2 Å². The van der Waals surface area contributed by atoms with Crippen molar-refractivity contribution >= 4 is 35.6 Å². The molecule has 1 atom stereocenters. The number of halogens is 8. The lowest BCUT2D eigenvalue weighted by Crippen LogP contribution is -2.50. The summed E-state index contributed by atoms with van der Waals surface area (Å²) in [6.07, 6.45) is -9.99. The van der Waals surface area contributed by atoms with Crippen LogP contribution in [-0.4, -0.2) is 37.0 Å². The summed E-state index contributed by atoms with van der Waals surface area (Å²) < 4.78 is 78.4. The molecule has 0 aromatic heterocycles. The van der Waals surface area contributed by atoms with E-state index in [1.807, 2.05) is 4.90 Å². The zero-order valence-corrected chi connectivity index (χ0v) is 18.4. The van der Waals surface area contributed by atoms with Gasteiger partial charge in [-0.1, -0.05) is 29.8 Å². The van der Waals surface area contributed by atoms with E-state index in [0.717, 1.165) is 0 Å². The molecule has 2 aromatic carbocycles. The Kier molecular flexibility index (Phi) is 8.86. The number of hydrogen-bond donors (Lipinski definition) is 3. The van der Waals surface area contributed by atoms with Crippen molar-refractivity contribution < 1.29 is 31.1 Å². The van der Waals surface area contributed by atoms with Crippen LogP contribution in [0.4, 0.5) is 32.0 Å². The minimum atomic E-state index is -5.00. The summed E-state index contributed by atoms with van der Waals surface area (Å²) in [4.78, 5) is 14.8. The van der Waals surface area contributed by atoms with Crippen molar-refractivity contribution in [1.29, 1.82) is 0 Å². The molecule has 0 aliphatic carbocycles. The first-order valence-corrected chi connectivity index (χ1v) is 9.89. The number of anilines is 1. The van der Waals surface area contributed by atoms with Gasteiger partial charge in [-0.2, -0.15) is 26.3 Å². The maximum Gasteiger partial charge on any atom is 0.416 e. The van der Waals surface area contributed by atoms with Gasteiger partial charge in [-0.3, -0.25) is 20.5 Å². The number of nitrogens with zero attached hydrogens (tertiary/aromatic N) is 1. The second-order valence-electron chi connectivity index (χ2n) is 7.12. The summed E-state index contributed by atoms with van der Waals surface area (Å²) in [6, 6.07) is 6.69. The lowest BCUT2D eigenvalue weighted by Gasteiger charge is -2.34. The standard InChI is InChI=1S/C20H19ClF6N4O.ClH/c21-16-4-2-1-3-15(16)17(31-7-5-28-6-8-31)18(32)30-29-14-10-12(19(22,23)24)9-13(11-14)20(25,26)27;/h1-4,9-11,17,28-29H,5-8H2,(H,30,32);1H. The molecular formula is C20H20Cl2F6N4O. The number of alkyl halides is 6. The molecule has 1 heterocycles. The number of benzene rings is 2. The monoisotopic (exact) mass is 516 g/mol. The smallest absolute Gasteiger partial charge is 0.314 e. The quantitative estimate of drug-likeness (QED) is 0.391. The third-order valence-electron chi connectivity index (χ3n) is 4.88. The highest BCUT2D eigenvalue weighted by atomic mass is 35.5. The summed E-state index contributed by atoms with van der Waals surface area (Å²) in [5, 5.41) is 3.45. The molecule has 1 fully saturated rings. The molecule has 0 bridgehead atoms. The van der Waals surface area contributed by atoms with E-state index < -0.39 is 41.1 Å². The largest absolute Gasteiger partial charge is 0.416 e. The summed E-state index contributed by atoms with van der Waals surface area (Å²) in [6.45, 7) is 2.19. The molecule has 5 nitrogen and oxygen atoms in total. The van der Waals surface area contributed by atoms with Crippen LogP contribution in [0.25, 0.3) is 0 Å². The molecule has 1 unspecified atom stereocenters. The third kappa shape index (κ3) is 6.89. The SMILES string of the molecule is Cl.O=C(NNc1cc(C(F)(F)F)cc(C(F)(F)F)c1)C(c1ccccc1Cl)N1CCNCC1. The maximum atomic E-state index is 13.1. The second-order valence-corrected chi connectivity index (χ2v) is 7.53. The van der Waals surface area contributed by atoms with Gasteiger partial charge in [0.15, 0.2) is 0 Å². The predicted octanol–water partition coefficient (Wildman–Crippen LogP) is 4.89. The molecule has 1 saturated heterocycles. The Morgan fingerprint density at radius 3 is 2.03 bits per heavy atom. The Morgan fingerprint density at radius 1 is 0.970 bits per heavy atom. The normalized spacial score (nSPS) is 16.0. The number of hydrogen-bond acceptors (Lipinski definition) is 4. The highest BCUT2D eigenvalue weighted by Crippen LogP contribution is 2.37. The van der Waals surface area contributed by atoms with Gasteiger partial charge in [0.1, 0.15) is 6.04 Å². The molecule has 0 radical (unpaired) electrons. The topological polar surface area (TPSA) is 56.4 Å². The van der Waals surface area contributed by atoms with Crippen LogP contribution in [0.2, 0.25) is 5.02 Å². The molecule has 0 spiro atoms. The van der Waals surface area contributed by atoms with Crippen molar-refractivity contribution in [2.45, 2.75) is 18.4 Å². The Labute approximate surface area is 196 Å². The number of carbonyl (C=O) groups is 1. The fraction of sp³-hybridized carbons (Fsp3) is 0.350. The van der Waals surface area contributed by atoms with E-state index in [9.17, 15) is 31.1 Å². The third-order valence-corrected chi connectivity index (χ3v) is 5.23. The van der Waals surface area contributed by atoms with E-state index in [1.54, 1.807) is 24.3 Å². The van der Waals surface area contributed by atoms with Gasteiger partial charge in [0, 0.05) is 31.2 Å². The van der Waals surface area contributed by atoms with Crippen molar-refractivity contribution in [3.63, 3.8) is 0 Å². The van der Waals surface area contributed by atoms with Crippen molar-refractivity contribution in [2.75, 3.05) is 31.6 Å². The van der Waals surface area contributed by atoms with Gasteiger partial charge in [0.2, 0.25) is 0 Å². The molecule has 2 aromatic rings. The zero-order chi connectivity index (χ0) is 23.5. The molecule has 3 rings (SSSR count). The van der Waals surface area contributed by atoms with Crippen LogP contribution in [-0.2, 0) is 17.1 Å². The molecule has 1 aliphatic heterocycles. The Hall–Kier alpha value is -2.21. The Morgan fingerprint density at radius 2 is 1.52 bits per heavy atom. The fourth-order valence-electron chi connectivity index (χ4n) is 3.37. The number of amides is 1. The molecule has 182 valence electrons. The summed E-state index contributed by atoms with van der Waals surface area (Å²) in [7, 11) is 0. The molecule has 3 N–H and O–H groups in total. The van der Waals surface area contributed by atoms with Gasteiger partial charge in [-0.15, -0.1) is 12.4 Å². The lowest BCUT2D eigenvalue weighted by molar-refractivity contribution is -0.143. The minimum Gasteiger partial charge on any atom is -0.314 e. The maximum absolute atomic E-state index is 13.1. The van der Waals surface area contributed by atoms with Crippen LogP contribution in [0.5, 0.6) is 0 Å². The molecule has 0 saturated carbocycles. The summed E-state index contributed by atoms with van der Waals surface area (Å²) in [5.74, 6) is -0.675. The number of carbonyl (C=O) groups excluding carboxylic acids is 1. The fourth-order valence-corrected chi connectivity index (χ4v) is 3.61. The van der Waals surface area contributed by atoms with Crippen LogP contribution in [0.1, 0.15) is 22.7 Å². The highest BCUT2D eigenvalue weighted by Gasteiger charge is 2.37. The van der Waals surface area contributed by atoms with Gasteiger partial charge in [-0.25, -0.2) is 0 Å². The van der Waals surface area contributed by atoms with Gasteiger partial charge in [0.25, 0.3) is 5.91 Å². The van der Waals surface area contributed by atoms with E-state index in [4.69, 9.17) is 11.6 Å². The predicted molar refractivity (Wildman–Crippen MR) is 114 cm³/mol. The zero-order valence-electron chi connectivity index (χ0n) is 16.9. The van der Waals surface area contributed by atoms with Crippen LogP contribution >= 0.6 is 24.0 Å². The molecule has 1 amide bonds. The van der Waals surface area contributed by atoms with Crippen LogP contribution in [0, 0.1) is 0 Å². The number of nitrogens with one attached hydrogen (secondary N) is 3. The first-order chi connectivity index (χ1) is 15.0. The first-order valence-electron chi connectivity index (χ1n) is 9.51. The van der Waals surface area contributed by atoms with Crippen molar-refractivity contribution in [3.8, 4) is 0 Å². The molecule has 33 heavy (non-hydrogen) atoms. The lowest BCUT2D eigenvalue weighted by atomic mass is 10.0. The van der Waals surface area contributed by atoms with Crippen molar-refractivity contribution in [1.82, 2.24) is 15.6 Å². The summed E-state index contributed by atoms with van der Waals surface area (Å²) in [5.41, 5.74) is 1.36. The second kappa shape index (κ2) is 10.8. The average Bonchev–Trinajstić information content (AvgIpc) is 2.73. The highest BCUT2D eigenvalue weighted by molar-refractivity contribution is 6.31. The van der Waals surface area contributed by atoms with E-state index in [-0.39, 0.29) is 18.5 Å². The Bertz CT molecular complexity index is 932. The van der Waals surface area contributed by atoms with Gasteiger partial charge < -0.3 is 5.32 Å².